The fourth-order valence-electron chi connectivity index (χ4n) is 6.07. The molecule has 0 saturated heterocycles. The van der Waals surface area contributed by atoms with Crippen LogP contribution in [0.4, 0.5) is 0 Å². The van der Waals surface area contributed by atoms with E-state index in [2.05, 4.69) is 20.8 Å². The Morgan fingerprint density at radius 1 is 1.05 bits per heavy atom. The van der Waals surface area contributed by atoms with Gasteiger partial charge in [-0.05, 0) is 81.5 Å². The minimum absolute atomic E-state index is 0.458. The van der Waals surface area contributed by atoms with Gasteiger partial charge in [-0.3, -0.25) is 0 Å². The van der Waals surface area contributed by atoms with Crippen LogP contribution in [0.5, 0.6) is 0 Å². The molecule has 0 aromatic carbocycles. The van der Waals surface area contributed by atoms with Gasteiger partial charge in [0.15, 0.2) is 0 Å². The second kappa shape index (κ2) is 4.85. The van der Waals surface area contributed by atoms with Crippen molar-refractivity contribution in [3.8, 4) is 0 Å². The van der Waals surface area contributed by atoms with Crippen molar-refractivity contribution >= 4 is 0 Å². The Bertz CT molecular complexity index is 451. The van der Waals surface area contributed by atoms with Crippen LogP contribution in [-0.2, 0) is 0 Å². The van der Waals surface area contributed by atoms with Gasteiger partial charge in [-0.15, -0.1) is 0 Å². The Morgan fingerprint density at radius 2 is 1.76 bits per heavy atom. The van der Waals surface area contributed by atoms with Crippen LogP contribution in [0.2, 0.25) is 0 Å². The molecule has 3 aliphatic rings. The minimum atomic E-state index is -0.512. The average Bonchev–Trinajstić information content (AvgIpc) is 2.36. The highest BCUT2D eigenvalue weighted by atomic mass is 16.3. The normalized spacial score (nSPS) is 39.7. The molecule has 3 aliphatic carbocycles. The highest BCUT2D eigenvalue weighted by Gasteiger charge is 2.51. The van der Waals surface area contributed by atoms with Crippen LogP contribution in [0.1, 0.15) is 86.0 Å². The number of rotatable bonds is 1. The average molecular weight is 290 g/mol. The Morgan fingerprint density at radius 3 is 2.43 bits per heavy atom. The third-order valence-electron chi connectivity index (χ3n) is 7.32. The van der Waals surface area contributed by atoms with Crippen LogP contribution in [0, 0.1) is 22.7 Å². The van der Waals surface area contributed by atoms with Gasteiger partial charge in [0.2, 0.25) is 0 Å². The first-order chi connectivity index (χ1) is 9.64. The molecule has 3 rings (SSSR count). The van der Waals surface area contributed by atoms with Gasteiger partial charge in [-0.1, -0.05) is 38.3 Å². The summed E-state index contributed by atoms with van der Waals surface area (Å²) >= 11 is 0. The molecule has 1 nitrogen and oxygen atoms in total. The van der Waals surface area contributed by atoms with E-state index in [9.17, 15) is 5.11 Å². The number of aliphatic hydroxyl groups is 1. The van der Waals surface area contributed by atoms with Crippen molar-refractivity contribution in [2.45, 2.75) is 91.6 Å². The summed E-state index contributed by atoms with van der Waals surface area (Å²) in [6.07, 6.45) is 10.5. The topological polar surface area (TPSA) is 20.2 Å². The largest absolute Gasteiger partial charge is 0.390 e. The summed E-state index contributed by atoms with van der Waals surface area (Å²) in [5.41, 5.74) is 4.00. The van der Waals surface area contributed by atoms with Gasteiger partial charge in [0.25, 0.3) is 0 Å². The van der Waals surface area contributed by atoms with E-state index in [0.717, 1.165) is 12.3 Å². The van der Waals surface area contributed by atoms with Gasteiger partial charge in [0.1, 0.15) is 0 Å². The van der Waals surface area contributed by atoms with Crippen molar-refractivity contribution in [1.29, 1.82) is 0 Å². The summed E-state index contributed by atoms with van der Waals surface area (Å²) in [7, 11) is 0. The molecule has 0 aromatic rings. The molecule has 120 valence electrons. The molecule has 0 aromatic heterocycles. The Hall–Kier alpha value is -0.300. The lowest BCUT2D eigenvalue weighted by molar-refractivity contribution is -0.0123. The summed E-state index contributed by atoms with van der Waals surface area (Å²) < 4.78 is 0. The van der Waals surface area contributed by atoms with Gasteiger partial charge >= 0.3 is 0 Å². The first-order valence-electron chi connectivity index (χ1n) is 9.08. The lowest BCUT2D eigenvalue weighted by Crippen LogP contribution is -2.47. The van der Waals surface area contributed by atoms with E-state index in [1.807, 2.05) is 19.4 Å². The van der Waals surface area contributed by atoms with Crippen molar-refractivity contribution in [1.82, 2.24) is 0 Å². The third-order valence-corrected chi connectivity index (χ3v) is 7.32. The first kappa shape index (κ1) is 15.6. The zero-order valence-electron chi connectivity index (χ0n) is 14.8. The van der Waals surface area contributed by atoms with E-state index in [1.54, 1.807) is 5.57 Å². The Balaban J connectivity index is 1.92. The predicted octanol–water partition coefficient (Wildman–Crippen LogP) is 5.48. The van der Waals surface area contributed by atoms with Gasteiger partial charge in [0, 0.05) is 0 Å². The molecule has 0 amide bonds. The molecule has 3 atom stereocenters. The fourth-order valence-corrected chi connectivity index (χ4v) is 6.07. The first-order valence-corrected chi connectivity index (χ1v) is 9.08. The molecule has 0 bridgehead atoms. The minimum Gasteiger partial charge on any atom is -0.390 e. The molecule has 1 N–H and O–H groups in total. The van der Waals surface area contributed by atoms with Crippen LogP contribution in [-0.4, -0.2) is 10.7 Å². The highest BCUT2D eigenvalue weighted by Crippen LogP contribution is 2.62. The third kappa shape index (κ3) is 2.50. The molecule has 1 fully saturated rings. The fraction of sp³-hybridized carbons (Fsp3) is 0.900. The van der Waals surface area contributed by atoms with Gasteiger partial charge in [-0.2, -0.15) is 0 Å². The monoisotopic (exact) mass is 290 g/mol. The summed E-state index contributed by atoms with van der Waals surface area (Å²) in [5, 5.41) is 10.4. The van der Waals surface area contributed by atoms with E-state index in [0.29, 0.717) is 16.7 Å². The molecule has 0 spiro atoms. The van der Waals surface area contributed by atoms with Crippen LogP contribution in [0.25, 0.3) is 0 Å². The molecule has 0 unspecified atom stereocenters. The molecule has 21 heavy (non-hydrogen) atoms. The summed E-state index contributed by atoms with van der Waals surface area (Å²) in [4.78, 5) is 0. The van der Waals surface area contributed by atoms with E-state index >= 15 is 0 Å². The molecule has 0 radical (unpaired) electrons. The number of fused-ring (bicyclic) bond motifs is 2. The molecule has 1 saturated carbocycles. The number of allylic oxidation sites excluding steroid dienone is 2. The van der Waals surface area contributed by atoms with Crippen LogP contribution < -0.4 is 0 Å². The maximum atomic E-state index is 10.4. The van der Waals surface area contributed by atoms with E-state index in [-0.39, 0.29) is 0 Å². The quantitative estimate of drug-likeness (QED) is 0.634. The van der Waals surface area contributed by atoms with Crippen LogP contribution >= 0.6 is 0 Å². The van der Waals surface area contributed by atoms with E-state index in [1.165, 1.54) is 44.9 Å². The van der Waals surface area contributed by atoms with Gasteiger partial charge < -0.3 is 5.11 Å². The summed E-state index contributed by atoms with van der Waals surface area (Å²) in [5.74, 6) is 1.34. The molecular formula is C20H34O. The van der Waals surface area contributed by atoms with Crippen molar-refractivity contribution in [2.75, 3.05) is 0 Å². The molecule has 0 aliphatic heterocycles. The van der Waals surface area contributed by atoms with Crippen molar-refractivity contribution in [3.63, 3.8) is 0 Å². The van der Waals surface area contributed by atoms with Gasteiger partial charge in [0.05, 0.1) is 5.60 Å². The van der Waals surface area contributed by atoms with Crippen molar-refractivity contribution in [3.05, 3.63) is 11.1 Å². The maximum Gasteiger partial charge on any atom is 0.0622 e. The maximum absolute atomic E-state index is 10.4. The zero-order valence-corrected chi connectivity index (χ0v) is 14.8. The van der Waals surface area contributed by atoms with Crippen molar-refractivity contribution < 1.29 is 5.11 Å². The Kier molecular flexibility index (Phi) is 3.60. The van der Waals surface area contributed by atoms with E-state index in [4.69, 9.17) is 0 Å². The molecule has 0 heterocycles. The SMILES string of the molecule is CC(C)(O)[C@H]1CCC2=C(CC[C@H]3C(C)(C)CCC[C@@]23C)C1. The predicted molar refractivity (Wildman–Crippen MR) is 89.1 cm³/mol. The highest BCUT2D eigenvalue weighted by molar-refractivity contribution is 5.31. The van der Waals surface area contributed by atoms with Crippen LogP contribution in [0.15, 0.2) is 11.1 Å². The molecule has 1 heteroatoms. The molecular weight excluding hydrogens is 256 g/mol. The smallest absolute Gasteiger partial charge is 0.0622 e. The standard InChI is InChI=1S/C20H34O/c1-18(2)11-6-12-20(5)16-9-8-15(19(3,4)21)13-14(16)7-10-17(18)20/h15,17,21H,6-13H2,1-5H3/t15-,17-,20-/m0/s1. The van der Waals surface area contributed by atoms with Gasteiger partial charge in [-0.25, -0.2) is 0 Å². The Labute approximate surface area is 131 Å². The van der Waals surface area contributed by atoms with E-state index < -0.39 is 5.60 Å². The lowest BCUT2D eigenvalue weighted by atomic mass is 9.48. The lowest BCUT2D eigenvalue weighted by Gasteiger charge is -2.57. The second-order valence-electron chi connectivity index (χ2n) is 9.53. The summed E-state index contributed by atoms with van der Waals surface area (Å²) in [6.45, 7) is 11.6. The number of hydrogen-bond donors (Lipinski definition) is 1. The number of hydrogen-bond acceptors (Lipinski definition) is 1. The second-order valence-corrected chi connectivity index (χ2v) is 9.53. The van der Waals surface area contributed by atoms with Crippen molar-refractivity contribution in [2.24, 2.45) is 22.7 Å². The summed E-state index contributed by atoms with van der Waals surface area (Å²) in [6, 6.07) is 0. The van der Waals surface area contributed by atoms with Crippen LogP contribution in [0.3, 0.4) is 0 Å². The zero-order chi connectivity index (χ0) is 15.5.